The summed E-state index contributed by atoms with van der Waals surface area (Å²) in [5, 5.41) is 19.9. The number of halogens is 2. The van der Waals surface area contributed by atoms with Crippen LogP contribution in [0.2, 0.25) is 0 Å². The van der Waals surface area contributed by atoms with Crippen molar-refractivity contribution < 1.29 is 45.8 Å². The van der Waals surface area contributed by atoms with Gasteiger partial charge in [-0.3, -0.25) is 9.59 Å². The van der Waals surface area contributed by atoms with E-state index < -0.39 is 42.2 Å². The highest BCUT2D eigenvalue weighted by molar-refractivity contribution is 7.93. The van der Waals surface area contributed by atoms with Crippen LogP contribution in [0.3, 0.4) is 0 Å². The number of hydrogen-bond donors (Lipinski definition) is 4. The van der Waals surface area contributed by atoms with E-state index in [1.165, 1.54) is 24.7 Å². The molecule has 2 heterocycles. The van der Waals surface area contributed by atoms with E-state index in [-0.39, 0.29) is 58.1 Å². The molecule has 0 aliphatic heterocycles. The maximum atomic E-state index is 14.7. The summed E-state index contributed by atoms with van der Waals surface area (Å²) in [4.78, 5) is 25.9. The van der Waals surface area contributed by atoms with E-state index in [1.54, 1.807) is 39.8 Å². The fourth-order valence-electron chi connectivity index (χ4n) is 9.29. The van der Waals surface area contributed by atoms with Crippen molar-refractivity contribution in [1.29, 1.82) is 9.56 Å². The standard InChI is InChI=1S/2C24H30FNO4S/c2*1-14(15-7-8-15)20-11-22(25)19-6-4-5-18(19)21(20)10-17(27)13-31(26,29)23-9-16(12-30-23)24(2,3)28/h2*9,11-12,14-15,26,28H,4-8,10,13H2,1-3H3/t14-,31+;14-,31-/m00/s1. The Labute approximate surface area is 364 Å². The van der Waals surface area contributed by atoms with Crippen LogP contribution in [0.4, 0.5) is 8.78 Å². The van der Waals surface area contributed by atoms with Crippen LogP contribution in [0.5, 0.6) is 0 Å². The zero-order valence-electron chi connectivity index (χ0n) is 36.6. The second-order valence-electron chi connectivity index (χ2n) is 19.2. The summed E-state index contributed by atoms with van der Waals surface area (Å²) < 4.78 is 82.4. The molecule has 0 bridgehead atoms. The fraction of sp³-hybridized carbons (Fsp3) is 0.542. The number of nitrogens with one attached hydrogen (secondary N) is 2. The second-order valence-corrected chi connectivity index (χ2v) is 23.3. The first kappa shape index (κ1) is 46.0. The molecule has 0 amide bonds. The lowest BCUT2D eigenvalue weighted by molar-refractivity contribution is -0.116. The van der Waals surface area contributed by atoms with Crippen molar-refractivity contribution >= 4 is 31.0 Å². The number of hydrogen-bond acceptors (Lipinski definition) is 10. The smallest absolute Gasteiger partial charge is 0.199 e. The lowest BCUT2D eigenvalue weighted by atomic mass is 9.85. The van der Waals surface area contributed by atoms with E-state index >= 15 is 0 Å². The molecule has 10 nitrogen and oxygen atoms in total. The molecule has 62 heavy (non-hydrogen) atoms. The van der Waals surface area contributed by atoms with Crippen LogP contribution in [-0.4, -0.2) is 41.7 Å². The molecule has 4 aromatic rings. The Kier molecular flexibility index (Phi) is 12.8. The van der Waals surface area contributed by atoms with Gasteiger partial charge in [0.1, 0.15) is 31.1 Å². The van der Waals surface area contributed by atoms with Crippen molar-refractivity contribution in [3.63, 3.8) is 0 Å². The predicted molar refractivity (Wildman–Crippen MR) is 232 cm³/mol. The zero-order valence-corrected chi connectivity index (χ0v) is 38.2. The van der Waals surface area contributed by atoms with E-state index in [4.69, 9.17) is 18.4 Å². The molecule has 2 fully saturated rings. The topological polar surface area (TPSA) is 183 Å². The van der Waals surface area contributed by atoms with Gasteiger partial charge in [-0.1, -0.05) is 13.8 Å². The number of Topliss-reactive ketones (excluding diaryl/α,β-unsaturated/α-hetero) is 2. The molecule has 0 unspecified atom stereocenters. The Morgan fingerprint density at radius 1 is 0.661 bits per heavy atom. The van der Waals surface area contributed by atoms with Gasteiger partial charge < -0.3 is 19.0 Å². The number of rotatable bonds is 16. The molecule has 4 aliphatic carbocycles. The van der Waals surface area contributed by atoms with Gasteiger partial charge in [0.2, 0.25) is 0 Å². The molecule has 14 heteroatoms. The van der Waals surface area contributed by atoms with E-state index in [9.17, 15) is 37.0 Å². The minimum absolute atomic E-state index is 0.0595. The average molecular weight is 895 g/mol. The highest BCUT2D eigenvalue weighted by Gasteiger charge is 2.36. The number of ketones is 2. The van der Waals surface area contributed by atoms with Gasteiger partial charge in [-0.15, -0.1) is 0 Å². The summed E-state index contributed by atoms with van der Waals surface area (Å²) in [5.41, 5.74) is 5.29. The lowest BCUT2D eigenvalue weighted by Gasteiger charge is -2.20. The van der Waals surface area contributed by atoms with Gasteiger partial charge in [0.25, 0.3) is 0 Å². The van der Waals surface area contributed by atoms with Crippen LogP contribution in [0.15, 0.2) is 55.8 Å². The number of fused-ring (bicyclic) bond motifs is 2. The quantitative estimate of drug-likeness (QED) is 0.0857. The van der Waals surface area contributed by atoms with Crippen LogP contribution in [0, 0.1) is 33.0 Å². The molecule has 0 spiro atoms. The largest absolute Gasteiger partial charge is 0.454 e. The van der Waals surface area contributed by atoms with Gasteiger partial charge >= 0.3 is 0 Å². The third-order valence-corrected chi connectivity index (χ3v) is 16.5. The Morgan fingerprint density at radius 2 is 1.00 bits per heavy atom. The van der Waals surface area contributed by atoms with Gasteiger partial charge in [0.05, 0.1) is 35.2 Å². The van der Waals surface area contributed by atoms with Crippen molar-refractivity contribution in [2.45, 2.75) is 152 Å². The van der Waals surface area contributed by atoms with E-state index in [0.717, 1.165) is 84.7 Å². The molecule has 0 saturated heterocycles. The van der Waals surface area contributed by atoms with Crippen LogP contribution >= 0.6 is 0 Å². The predicted octanol–water partition coefficient (Wildman–Crippen LogP) is 9.73. The summed E-state index contributed by atoms with van der Waals surface area (Å²) >= 11 is 0. The Balaban J connectivity index is 0.000000186. The highest BCUT2D eigenvalue weighted by atomic mass is 32.2. The second kappa shape index (κ2) is 17.2. The highest BCUT2D eigenvalue weighted by Crippen LogP contribution is 2.47. The van der Waals surface area contributed by atoms with Crippen molar-refractivity contribution in [3.8, 4) is 0 Å². The van der Waals surface area contributed by atoms with Gasteiger partial charge in [0.15, 0.2) is 21.8 Å². The maximum Gasteiger partial charge on any atom is 0.199 e. The maximum absolute atomic E-state index is 14.7. The molecule has 8 rings (SSSR count). The third kappa shape index (κ3) is 10.0. The van der Waals surface area contributed by atoms with Crippen molar-refractivity contribution in [1.82, 2.24) is 0 Å². The Hall–Kier alpha value is -3.98. The van der Waals surface area contributed by atoms with Gasteiger partial charge in [0, 0.05) is 36.1 Å². The van der Waals surface area contributed by atoms with Crippen molar-refractivity contribution in [2.75, 3.05) is 11.5 Å². The van der Waals surface area contributed by atoms with Crippen LogP contribution in [0.1, 0.15) is 148 Å². The number of carbonyl (C=O) groups excluding carboxylic acids is 2. The summed E-state index contributed by atoms with van der Waals surface area (Å²) in [6, 6.07) is 5.99. The van der Waals surface area contributed by atoms with Gasteiger partial charge in [-0.05, 0) is 172 Å². The normalized spacial score (nSPS) is 19.1. The van der Waals surface area contributed by atoms with Crippen molar-refractivity contribution in [2.24, 2.45) is 11.8 Å². The van der Waals surface area contributed by atoms with Crippen LogP contribution in [-0.2, 0) is 78.8 Å². The summed E-state index contributed by atoms with van der Waals surface area (Å²) in [6.45, 7) is 10.5. The molecule has 2 aromatic carbocycles. The van der Waals surface area contributed by atoms with Crippen LogP contribution < -0.4 is 0 Å². The molecular weight excluding hydrogens is 835 g/mol. The number of benzene rings is 2. The molecule has 4 aliphatic rings. The number of aliphatic hydroxyl groups is 2. The first-order valence-corrected chi connectivity index (χ1v) is 25.2. The molecular formula is C48H60F2N2O8S2. The monoisotopic (exact) mass is 894 g/mol. The SMILES string of the molecule is C[C@H](c1cc(F)c2c(c1CC(=O)C[S@@](=N)(=O)c1cc(C(C)(C)O)co1)CCC2)C1CC1.C[C@H](c1cc(F)c2c(c1CC(=O)C[S@](=N)(=O)c1cc(C(C)(C)O)co1)CCC2)C1CC1. The molecule has 0 radical (unpaired) electrons. The molecule has 2 saturated carbocycles. The van der Waals surface area contributed by atoms with Crippen LogP contribution in [0.25, 0.3) is 0 Å². The Bertz CT molecular complexity index is 2430. The number of carbonyl (C=O) groups is 2. The summed E-state index contributed by atoms with van der Waals surface area (Å²) in [7, 11) is -6.96. The molecule has 336 valence electrons. The summed E-state index contributed by atoms with van der Waals surface area (Å²) in [5.74, 6) is -0.489. The van der Waals surface area contributed by atoms with Gasteiger partial charge in [-0.2, -0.15) is 0 Å². The zero-order chi connectivity index (χ0) is 45.1. The Morgan fingerprint density at radius 3 is 1.31 bits per heavy atom. The fourth-order valence-corrected chi connectivity index (χ4v) is 11.7. The lowest BCUT2D eigenvalue weighted by Crippen LogP contribution is -2.19. The number of furan rings is 2. The summed E-state index contributed by atoms with van der Waals surface area (Å²) in [6.07, 6.45) is 11.8. The van der Waals surface area contributed by atoms with E-state index in [1.807, 2.05) is 0 Å². The third-order valence-electron chi connectivity index (χ3n) is 13.3. The van der Waals surface area contributed by atoms with E-state index in [2.05, 4.69) is 13.8 Å². The first-order valence-electron chi connectivity index (χ1n) is 21.8. The van der Waals surface area contributed by atoms with E-state index in [0.29, 0.717) is 46.9 Å². The minimum Gasteiger partial charge on any atom is -0.454 e. The molecule has 4 N–H and O–H groups in total. The first-order chi connectivity index (χ1) is 28.9. The van der Waals surface area contributed by atoms with Gasteiger partial charge in [-0.25, -0.2) is 26.8 Å². The molecule has 2 aromatic heterocycles. The van der Waals surface area contributed by atoms with Crippen molar-refractivity contribution in [3.05, 3.63) is 104 Å². The molecule has 4 atom stereocenters. The average Bonchev–Trinajstić information content (AvgIpc) is 3.86. The minimum atomic E-state index is -3.48.